The minimum absolute atomic E-state index is 1.13. The molecule has 0 unspecified atom stereocenters. The lowest BCUT2D eigenvalue weighted by Crippen LogP contribution is -2.31. The van der Waals surface area contributed by atoms with E-state index >= 15 is 0 Å². The number of unbranched alkanes of at least 4 members (excludes halogenated alkanes) is 7. The van der Waals surface area contributed by atoms with E-state index in [1.807, 2.05) is 0 Å². The van der Waals surface area contributed by atoms with Gasteiger partial charge in [-0.3, -0.25) is 0 Å². The first kappa shape index (κ1) is 17.8. The van der Waals surface area contributed by atoms with E-state index in [1.54, 1.807) is 0 Å². The van der Waals surface area contributed by atoms with Crippen molar-refractivity contribution in [2.45, 2.75) is 84.6 Å². The van der Waals surface area contributed by atoms with Crippen molar-refractivity contribution in [2.75, 3.05) is 0 Å². The highest BCUT2D eigenvalue weighted by Crippen LogP contribution is 2.08. The summed E-state index contributed by atoms with van der Waals surface area (Å²) in [6.07, 6.45) is 24.3. The summed E-state index contributed by atoms with van der Waals surface area (Å²) >= 11 is 0. The molecule has 0 aliphatic carbocycles. The molecule has 0 saturated carbocycles. The minimum atomic E-state index is 1.13. The molecule has 0 aliphatic heterocycles. The quantitative estimate of drug-likeness (QED) is 0.387. The van der Waals surface area contributed by atoms with E-state index in [0.29, 0.717) is 0 Å². The second-order valence-electron chi connectivity index (χ2n) is 6.66. The standard InChI is InChI=1S/C20H34N3/c1-3-5-6-7-8-9-10-11-14-21-16-17-23(19-21)22-15-13-20(18-22)12-4-2/h13,15-19H,3-12,14H2,1-2H3/q+1. The molecule has 3 nitrogen and oxygen atoms in total. The summed E-state index contributed by atoms with van der Waals surface area (Å²) in [6, 6.07) is 2.21. The molecule has 0 radical (unpaired) electrons. The fourth-order valence-corrected chi connectivity index (χ4v) is 3.09. The van der Waals surface area contributed by atoms with Crippen molar-refractivity contribution >= 4 is 0 Å². The number of imidazole rings is 1. The van der Waals surface area contributed by atoms with Crippen LogP contribution in [0.2, 0.25) is 0 Å². The van der Waals surface area contributed by atoms with E-state index in [-0.39, 0.29) is 0 Å². The zero-order valence-corrected chi connectivity index (χ0v) is 15.1. The first-order valence-corrected chi connectivity index (χ1v) is 9.58. The molecule has 0 bridgehead atoms. The van der Waals surface area contributed by atoms with Crippen LogP contribution in [0.15, 0.2) is 37.2 Å². The fraction of sp³-hybridized carbons (Fsp3) is 0.650. The van der Waals surface area contributed by atoms with E-state index in [0.717, 1.165) is 13.0 Å². The fourth-order valence-electron chi connectivity index (χ4n) is 3.09. The molecule has 0 spiro atoms. The van der Waals surface area contributed by atoms with Crippen LogP contribution >= 0.6 is 0 Å². The van der Waals surface area contributed by atoms with Gasteiger partial charge in [-0.1, -0.05) is 58.8 Å². The molecular formula is C20H34N3+. The Labute approximate surface area is 141 Å². The second kappa shape index (κ2) is 10.3. The minimum Gasteiger partial charge on any atom is -0.235 e. The average molecular weight is 317 g/mol. The molecule has 128 valence electrons. The van der Waals surface area contributed by atoms with E-state index in [2.05, 4.69) is 64.9 Å². The van der Waals surface area contributed by atoms with Gasteiger partial charge in [0.2, 0.25) is 0 Å². The van der Waals surface area contributed by atoms with Gasteiger partial charge in [0.25, 0.3) is 6.33 Å². The van der Waals surface area contributed by atoms with Crippen LogP contribution in [-0.2, 0) is 13.0 Å². The number of aryl methyl sites for hydroxylation is 2. The molecule has 0 N–H and O–H groups in total. The summed E-state index contributed by atoms with van der Waals surface area (Å²) in [5, 5.41) is 0. The van der Waals surface area contributed by atoms with Gasteiger partial charge >= 0.3 is 0 Å². The zero-order chi connectivity index (χ0) is 16.3. The first-order valence-electron chi connectivity index (χ1n) is 9.58. The van der Waals surface area contributed by atoms with Gasteiger partial charge in [0.05, 0.1) is 12.7 Å². The Morgan fingerprint density at radius 3 is 2.30 bits per heavy atom. The van der Waals surface area contributed by atoms with Crippen molar-refractivity contribution in [3.8, 4) is 0 Å². The summed E-state index contributed by atoms with van der Waals surface area (Å²) < 4.78 is 6.62. The van der Waals surface area contributed by atoms with Crippen LogP contribution in [0.25, 0.3) is 0 Å². The number of rotatable bonds is 12. The van der Waals surface area contributed by atoms with Crippen LogP contribution in [0.4, 0.5) is 0 Å². The van der Waals surface area contributed by atoms with E-state index in [1.165, 1.54) is 63.4 Å². The number of aromatic nitrogens is 3. The Balaban J connectivity index is 1.66. The van der Waals surface area contributed by atoms with Crippen molar-refractivity contribution in [2.24, 2.45) is 0 Å². The monoisotopic (exact) mass is 316 g/mol. The number of hydrogen-bond acceptors (Lipinski definition) is 0. The predicted octanol–water partition coefficient (Wildman–Crippen LogP) is 4.98. The largest absolute Gasteiger partial charge is 0.268 e. The van der Waals surface area contributed by atoms with Crippen LogP contribution in [0.3, 0.4) is 0 Å². The maximum Gasteiger partial charge on any atom is 0.268 e. The van der Waals surface area contributed by atoms with Crippen LogP contribution in [-0.4, -0.2) is 9.35 Å². The van der Waals surface area contributed by atoms with Crippen LogP contribution < -0.4 is 4.57 Å². The Morgan fingerprint density at radius 2 is 1.57 bits per heavy atom. The molecule has 0 saturated heterocycles. The Kier molecular flexibility index (Phi) is 7.99. The van der Waals surface area contributed by atoms with Gasteiger partial charge < -0.3 is 0 Å². The average Bonchev–Trinajstić information content (AvgIpc) is 3.19. The van der Waals surface area contributed by atoms with Gasteiger partial charge in [-0.15, -0.1) is 4.68 Å². The summed E-state index contributed by atoms with van der Waals surface area (Å²) in [4.78, 5) is 0. The Bertz CT molecular complexity index is 539. The van der Waals surface area contributed by atoms with Crippen LogP contribution in [0.5, 0.6) is 0 Å². The normalized spacial score (nSPS) is 11.2. The highest BCUT2D eigenvalue weighted by molar-refractivity contribution is 5.10. The highest BCUT2D eigenvalue weighted by Gasteiger charge is 2.06. The molecule has 0 atom stereocenters. The van der Waals surface area contributed by atoms with Crippen LogP contribution in [0, 0.1) is 0 Å². The topological polar surface area (TPSA) is 13.7 Å². The molecule has 2 aromatic heterocycles. The summed E-state index contributed by atoms with van der Waals surface area (Å²) in [6.45, 7) is 5.64. The summed E-state index contributed by atoms with van der Waals surface area (Å²) in [7, 11) is 0. The van der Waals surface area contributed by atoms with Crippen molar-refractivity contribution in [3.63, 3.8) is 0 Å². The maximum atomic E-state index is 2.30. The van der Waals surface area contributed by atoms with Gasteiger partial charge in [0.1, 0.15) is 6.20 Å². The third-order valence-corrected chi connectivity index (χ3v) is 4.49. The number of nitrogens with zero attached hydrogens (tertiary/aromatic N) is 3. The molecule has 0 amide bonds. The Morgan fingerprint density at radius 1 is 0.826 bits per heavy atom. The van der Waals surface area contributed by atoms with E-state index in [4.69, 9.17) is 0 Å². The lowest BCUT2D eigenvalue weighted by atomic mass is 10.1. The molecule has 0 fully saturated rings. The second-order valence-corrected chi connectivity index (χ2v) is 6.66. The van der Waals surface area contributed by atoms with Crippen molar-refractivity contribution in [1.29, 1.82) is 0 Å². The molecule has 2 aromatic rings. The lowest BCUT2D eigenvalue weighted by Gasteiger charge is -2.00. The lowest BCUT2D eigenvalue weighted by molar-refractivity contribution is -0.697. The van der Waals surface area contributed by atoms with Crippen molar-refractivity contribution in [1.82, 2.24) is 9.35 Å². The van der Waals surface area contributed by atoms with Gasteiger partial charge in [-0.05, 0) is 30.9 Å². The van der Waals surface area contributed by atoms with Crippen molar-refractivity contribution < 1.29 is 4.57 Å². The molecule has 0 aliphatic rings. The smallest absolute Gasteiger partial charge is 0.235 e. The third-order valence-electron chi connectivity index (χ3n) is 4.49. The van der Waals surface area contributed by atoms with Gasteiger partial charge in [-0.2, -0.15) is 4.68 Å². The molecule has 3 heteroatoms. The third kappa shape index (κ3) is 6.25. The molecule has 2 heterocycles. The van der Waals surface area contributed by atoms with E-state index < -0.39 is 0 Å². The van der Waals surface area contributed by atoms with Crippen molar-refractivity contribution in [3.05, 3.63) is 42.7 Å². The SMILES string of the molecule is CCCCCCCCCC[n+]1ccn(-n2ccc(CCC)c2)c1. The highest BCUT2D eigenvalue weighted by atomic mass is 15.5. The van der Waals surface area contributed by atoms with Gasteiger partial charge in [0.15, 0.2) is 6.20 Å². The van der Waals surface area contributed by atoms with E-state index in [9.17, 15) is 0 Å². The van der Waals surface area contributed by atoms with Crippen LogP contribution in [0.1, 0.15) is 77.2 Å². The summed E-state index contributed by atoms with van der Waals surface area (Å²) in [5.74, 6) is 0. The molecule has 0 aromatic carbocycles. The maximum absolute atomic E-state index is 2.30. The van der Waals surface area contributed by atoms with Gasteiger partial charge in [0, 0.05) is 6.20 Å². The predicted molar refractivity (Wildman–Crippen MR) is 96.5 cm³/mol. The first-order chi connectivity index (χ1) is 11.3. The van der Waals surface area contributed by atoms with Gasteiger partial charge in [-0.25, -0.2) is 4.57 Å². The molecule has 2 rings (SSSR count). The zero-order valence-electron chi connectivity index (χ0n) is 15.1. The summed E-state index contributed by atoms with van der Waals surface area (Å²) in [5.41, 5.74) is 1.41. The molecular weight excluding hydrogens is 282 g/mol. The Hall–Kier alpha value is -1.51. The molecule has 23 heavy (non-hydrogen) atoms. The number of hydrogen-bond donors (Lipinski definition) is 0.